The van der Waals surface area contributed by atoms with Gasteiger partial charge in [0.05, 0.1) is 16.9 Å². The fraction of sp³-hybridized carbons (Fsp3) is 0.0784. The van der Waals surface area contributed by atoms with E-state index < -0.39 is 0 Å². The molecule has 0 bridgehead atoms. The van der Waals surface area contributed by atoms with Crippen molar-refractivity contribution in [3.05, 3.63) is 180 Å². The van der Waals surface area contributed by atoms with Crippen molar-refractivity contribution in [2.45, 2.75) is 25.7 Å². The summed E-state index contributed by atoms with van der Waals surface area (Å²) in [5.74, 6) is 0.827. The molecule has 0 aliphatic heterocycles. The molecule has 0 amide bonds. The first-order valence-corrected chi connectivity index (χ1v) is 19.2. The first-order valence-electron chi connectivity index (χ1n) is 19.2. The van der Waals surface area contributed by atoms with Crippen LogP contribution in [-0.2, 0) is 12.8 Å². The van der Waals surface area contributed by atoms with Crippen LogP contribution in [0.1, 0.15) is 46.5 Å². The lowest BCUT2D eigenvalue weighted by atomic mass is 9.80. The number of imidazole rings is 2. The zero-order valence-corrected chi connectivity index (χ0v) is 30.5. The van der Waals surface area contributed by atoms with Crippen molar-refractivity contribution in [1.29, 1.82) is 0 Å². The highest BCUT2D eigenvalue weighted by molar-refractivity contribution is 6.08. The van der Waals surface area contributed by atoms with Gasteiger partial charge < -0.3 is 0 Å². The van der Waals surface area contributed by atoms with Crippen LogP contribution in [0.2, 0.25) is 0 Å². The lowest BCUT2D eigenvalue weighted by Crippen LogP contribution is -2.07. The molecule has 0 fully saturated rings. The summed E-state index contributed by atoms with van der Waals surface area (Å²) in [5.41, 5.74) is 17.8. The molecule has 0 atom stereocenters. The quantitative estimate of drug-likeness (QED) is 0.169. The van der Waals surface area contributed by atoms with E-state index in [1.54, 1.807) is 11.1 Å². The molecule has 0 radical (unpaired) electrons. The third-order valence-electron chi connectivity index (χ3n) is 11.7. The van der Waals surface area contributed by atoms with E-state index in [1.165, 1.54) is 38.6 Å². The minimum absolute atomic E-state index is 0.827. The Hall–Kier alpha value is -6.91. The van der Waals surface area contributed by atoms with Gasteiger partial charge in [-0.15, -0.1) is 0 Å². The summed E-state index contributed by atoms with van der Waals surface area (Å²) in [7, 11) is 0. The lowest BCUT2D eigenvalue weighted by Gasteiger charge is -2.24. The fourth-order valence-corrected chi connectivity index (χ4v) is 9.32. The zero-order chi connectivity index (χ0) is 36.6. The maximum absolute atomic E-state index is 5.41. The Morgan fingerprint density at radius 1 is 0.527 bits per heavy atom. The number of benzene rings is 6. The van der Waals surface area contributed by atoms with Gasteiger partial charge in [-0.1, -0.05) is 116 Å². The van der Waals surface area contributed by atoms with Crippen molar-refractivity contribution in [3.8, 4) is 33.6 Å². The van der Waals surface area contributed by atoms with E-state index in [4.69, 9.17) is 4.98 Å². The number of para-hydroxylation sites is 2. The molecular weight excluding hydrogens is 669 g/mol. The molecule has 4 nitrogen and oxygen atoms in total. The van der Waals surface area contributed by atoms with Crippen LogP contribution in [0.3, 0.4) is 0 Å². The molecule has 6 aromatic carbocycles. The van der Waals surface area contributed by atoms with Crippen LogP contribution in [0.15, 0.2) is 147 Å². The van der Waals surface area contributed by atoms with E-state index in [1.807, 2.05) is 18.2 Å². The van der Waals surface area contributed by atoms with E-state index in [-0.39, 0.29) is 0 Å². The summed E-state index contributed by atoms with van der Waals surface area (Å²) in [4.78, 5) is 5.41. The van der Waals surface area contributed by atoms with Gasteiger partial charge in [0.2, 0.25) is 5.78 Å². The molecule has 2 aliphatic carbocycles. The van der Waals surface area contributed by atoms with Crippen LogP contribution in [0.25, 0.3) is 96.5 Å². The normalized spacial score (nSPS) is 13.5. The predicted octanol–water partition coefficient (Wildman–Crippen LogP) is 12.9. The molecule has 0 N–H and O–H groups in total. The largest absolute Gasteiger partial charge is 0.292 e. The van der Waals surface area contributed by atoms with Gasteiger partial charge in [-0.3, -0.25) is 13.5 Å². The minimum Gasteiger partial charge on any atom is -0.292 e. The molecule has 9 aromatic rings. The summed E-state index contributed by atoms with van der Waals surface area (Å²) in [6.45, 7) is 8.42. The first-order chi connectivity index (χ1) is 27.2. The first kappa shape index (κ1) is 31.6. The molecule has 4 heteroatoms. The average Bonchev–Trinajstić information content (AvgIpc) is 3.89. The number of hydrogen-bond acceptors (Lipinski definition) is 1. The fourth-order valence-electron chi connectivity index (χ4n) is 9.32. The molecular formula is C51H38N4. The van der Waals surface area contributed by atoms with E-state index in [0.717, 1.165) is 81.9 Å². The van der Waals surface area contributed by atoms with Crippen LogP contribution in [-0.4, -0.2) is 18.5 Å². The molecule has 2 aliphatic rings. The summed E-state index contributed by atoms with van der Waals surface area (Å²) >= 11 is 0. The summed E-state index contributed by atoms with van der Waals surface area (Å²) in [6.07, 6.45) is 17.8. The summed E-state index contributed by atoms with van der Waals surface area (Å²) in [6, 6.07) is 43.9. The second-order valence-corrected chi connectivity index (χ2v) is 14.7. The van der Waals surface area contributed by atoms with Crippen molar-refractivity contribution >= 4 is 62.9 Å². The molecule has 3 heterocycles. The molecule has 0 saturated heterocycles. The number of nitrogens with zero attached hydrogens (tertiary/aromatic N) is 4. The SMILES string of the molecule is C=Cc1c(C=C)n2c3c4ccccc4n(-c4cccc(-c5cccc(-c6ccc7c8c(c9c(c7c6)C=CCC9)CCC=C8)c5)c4)c3nc2n1-c1ccccc1. The van der Waals surface area contributed by atoms with Crippen LogP contribution in [0, 0.1) is 0 Å². The molecule has 11 rings (SSSR count). The maximum atomic E-state index is 5.41. The Labute approximate surface area is 319 Å². The van der Waals surface area contributed by atoms with Gasteiger partial charge in [-0.25, -0.2) is 0 Å². The highest BCUT2D eigenvalue weighted by Crippen LogP contribution is 2.41. The second-order valence-electron chi connectivity index (χ2n) is 14.7. The van der Waals surface area contributed by atoms with Gasteiger partial charge in [0.15, 0.2) is 5.65 Å². The third kappa shape index (κ3) is 4.68. The Morgan fingerprint density at radius 2 is 1.16 bits per heavy atom. The van der Waals surface area contributed by atoms with Gasteiger partial charge in [-0.2, -0.15) is 4.98 Å². The molecule has 0 unspecified atom stereocenters. The predicted molar refractivity (Wildman–Crippen MR) is 232 cm³/mol. The minimum atomic E-state index is 0.827. The van der Waals surface area contributed by atoms with Crippen molar-refractivity contribution in [2.75, 3.05) is 0 Å². The summed E-state index contributed by atoms with van der Waals surface area (Å²) in [5, 5.41) is 3.85. The zero-order valence-electron chi connectivity index (χ0n) is 30.5. The van der Waals surface area contributed by atoms with Crippen molar-refractivity contribution in [1.82, 2.24) is 18.5 Å². The standard InChI is InChI=1S/C51H38N4/c1-3-46-47(4-2)55-49-44-26-12-13-27-48(44)53(50(49)52-51(55)54(46)37-19-6-5-7-20-37)38-21-15-18-35(31-38)33-16-14-17-34(30-33)36-28-29-43-41-24-9-8-22-39(41)40-23-10-11-25-42(40)45(43)32-36/h3-7,9,11-21,24-32H,1-2,8,10,22-23H2. The number of rotatable bonds is 6. The van der Waals surface area contributed by atoms with Crippen molar-refractivity contribution < 1.29 is 0 Å². The highest BCUT2D eigenvalue weighted by atomic mass is 15.3. The van der Waals surface area contributed by atoms with Gasteiger partial charge in [0.25, 0.3) is 0 Å². The van der Waals surface area contributed by atoms with Crippen LogP contribution in [0.4, 0.5) is 0 Å². The number of allylic oxidation sites excluding steroid dienone is 2. The topological polar surface area (TPSA) is 27.2 Å². The van der Waals surface area contributed by atoms with Crippen molar-refractivity contribution in [2.24, 2.45) is 0 Å². The molecule has 55 heavy (non-hydrogen) atoms. The lowest BCUT2D eigenvalue weighted by molar-refractivity contribution is 0.911. The van der Waals surface area contributed by atoms with E-state index >= 15 is 0 Å². The third-order valence-corrected chi connectivity index (χ3v) is 11.7. The Balaban J connectivity index is 1.06. The highest BCUT2D eigenvalue weighted by Gasteiger charge is 2.25. The van der Waals surface area contributed by atoms with Gasteiger partial charge in [-0.05, 0) is 136 Å². The smallest absolute Gasteiger partial charge is 0.222 e. The van der Waals surface area contributed by atoms with Gasteiger partial charge in [0.1, 0.15) is 5.52 Å². The maximum Gasteiger partial charge on any atom is 0.222 e. The van der Waals surface area contributed by atoms with Gasteiger partial charge in [0, 0.05) is 16.8 Å². The monoisotopic (exact) mass is 706 g/mol. The van der Waals surface area contributed by atoms with Crippen molar-refractivity contribution in [3.63, 3.8) is 0 Å². The molecule has 0 spiro atoms. The number of aromatic nitrogens is 4. The van der Waals surface area contributed by atoms with E-state index in [2.05, 4.69) is 166 Å². The molecule has 262 valence electrons. The van der Waals surface area contributed by atoms with Gasteiger partial charge >= 0.3 is 0 Å². The van der Waals surface area contributed by atoms with Crippen LogP contribution >= 0.6 is 0 Å². The summed E-state index contributed by atoms with van der Waals surface area (Å²) < 4.78 is 6.71. The van der Waals surface area contributed by atoms with Crippen LogP contribution in [0.5, 0.6) is 0 Å². The molecule has 0 saturated carbocycles. The number of hydrogen-bond donors (Lipinski definition) is 0. The second kappa shape index (κ2) is 12.3. The Morgan fingerprint density at radius 3 is 1.91 bits per heavy atom. The molecule has 3 aromatic heterocycles. The average molecular weight is 707 g/mol. The number of fused-ring (bicyclic) bond motifs is 11. The van der Waals surface area contributed by atoms with E-state index in [0.29, 0.717) is 0 Å². The Kier molecular flexibility index (Phi) is 7.08. The Bertz CT molecular complexity index is 3120. The van der Waals surface area contributed by atoms with E-state index in [9.17, 15) is 0 Å². The van der Waals surface area contributed by atoms with Crippen LogP contribution < -0.4 is 0 Å².